The maximum Gasteiger partial charge on any atom is 0.332 e. The van der Waals surface area contributed by atoms with Crippen LogP contribution in [0.4, 0.5) is 5.95 Å². The number of nitrogens with zero attached hydrogens (tertiary/aromatic N) is 5. The Hall–Kier alpha value is -2.64. The van der Waals surface area contributed by atoms with E-state index in [9.17, 15) is 9.59 Å². The second kappa shape index (κ2) is 4.72. The molecule has 0 unspecified atom stereocenters. The predicted molar refractivity (Wildman–Crippen MR) is 80.8 cm³/mol. The topological polar surface area (TPSA) is 86.2 Å². The van der Waals surface area contributed by atoms with Gasteiger partial charge in [0.15, 0.2) is 11.2 Å². The van der Waals surface area contributed by atoms with E-state index in [4.69, 9.17) is 0 Å². The van der Waals surface area contributed by atoms with Crippen LogP contribution in [-0.2, 0) is 20.1 Å². The SMILES string of the molecule is CC=CCn1c(=O)c2c(nc3n2CC(C)=NN3)n(C)c1=O. The number of hydrogen-bond acceptors (Lipinski definition) is 5. The molecule has 1 aliphatic heterocycles. The van der Waals surface area contributed by atoms with E-state index in [-0.39, 0.29) is 17.8 Å². The van der Waals surface area contributed by atoms with Crippen LogP contribution in [0.15, 0.2) is 26.8 Å². The van der Waals surface area contributed by atoms with Crippen LogP contribution in [-0.4, -0.2) is 24.4 Å². The number of imidazole rings is 1. The van der Waals surface area contributed by atoms with Gasteiger partial charge in [-0.05, 0) is 13.8 Å². The number of aryl methyl sites for hydroxylation is 1. The van der Waals surface area contributed by atoms with Crippen LogP contribution >= 0.6 is 0 Å². The second-order valence-electron chi connectivity index (χ2n) is 4.98. The van der Waals surface area contributed by atoms with Crippen LogP contribution in [0, 0.1) is 0 Å². The molecule has 0 aliphatic carbocycles. The molecule has 0 fully saturated rings. The monoisotopic (exact) mass is 288 g/mol. The summed E-state index contributed by atoms with van der Waals surface area (Å²) in [6, 6.07) is 0. The van der Waals surface area contributed by atoms with Crippen LogP contribution in [0.3, 0.4) is 0 Å². The van der Waals surface area contributed by atoms with Gasteiger partial charge in [0.05, 0.1) is 12.3 Å². The van der Waals surface area contributed by atoms with E-state index in [1.165, 1.54) is 9.13 Å². The molecule has 0 aromatic carbocycles. The first-order valence-electron chi connectivity index (χ1n) is 6.65. The summed E-state index contributed by atoms with van der Waals surface area (Å²) < 4.78 is 4.35. The van der Waals surface area contributed by atoms with Gasteiger partial charge >= 0.3 is 5.69 Å². The van der Waals surface area contributed by atoms with Crippen molar-refractivity contribution in [3.63, 3.8) is 0 Å². The van der Waals surface area contributed by atoms with Gasteiger partial charge in [-0.2, -0.15) is 10.1 Å². The standard InChI is InChI=1S/C13H16N6O2/c1-4-5-6-18-11(20)9-10(17(3)13(18)21)14-12-16-15-8(2)7-19(9)12/h4-5H,6-7H2,1-3H3,(H,14,16). The third-order valence-corrected chi connectivity index (χ3v) is 3.49. The Labute approximate surface area is 120 Å². The minimum absolute atomic E-state index is 0.249. The smallest absolute Gasteiger partial charge is 0.297 e. The molecular formula is C13H16N6O2. The number of anilines is 1. The highest BCUT2D eigenvalue weighted by atomic mass is 16.2. The summed E-state index contributed by atoms with van der Waals surface area (Å²) in [5, 5.41) is 4.10. The number of rotatable bonds is 2. The van der Waals surface area contributed by atoms with Crippen molar-refractivity contribution in [1.82, 2.24) is 18.7 Å². The van der Waals surface area contributed by atoms with E-state index in [0.29, 0.717) is 23.7 Å². The molecule has 3 heterocycles. The van der Waals surface area contributed by atoms with Gasteiger partial charge in [0.2, 0.25) is 5.95 Å². The van der Waals surface area contributed by atoms with Gasteiger partial charge in [0.1, 0.15) is 0 Å². The van der Waals surface area contributed by atoms with E-state index in [0.717, 1.165) is 5.71 Å². The Morgan fingerprint density at radius 2 is 2.14 bits per heavy atom. The maximum absolute atomic E-state index is 12.6. The van der Waals surface area contributed by atoms with Crippen molar-refractivity contribution in [1.29, 1.82) is 0 Å². The molecule has 0 atom stereocenters. The van der Waals surface area contributed by atoms with Gasteiger partial charge in [0.25, 0.3) is 5.56 Å². The Bertz CT molecular complexity index is 896. The molecule has 21 heavy (non-hydrogen) atoms. The zero-order valence-corrected chi connectivity index (χ0v) is 12.1. The summed E-state index contributed by atoms with van der Waals surface area (Å²) in [4.78, 5) is 29.2. The highest BCUT2D eigenvalue weighted by molar-refractivity contribution is 5.87. The van der Waals surface area contributed by atoms with Gasteiger partial charge < -0.3 is 0 Å². The number of aromatic nitrogens is 4. The number of fused-ring (bicyclic) bond motifs is 3. The Kier molecular flexibility index (Phi) is 3.00. The Morgan fingerprint density at radius 3 is 2.86 bits per heavy atom. The van der Waals surface area contributed by atoms with Crippen LogP contribution in [0.25, 0.3) is 11.2 Å². The molecule has 2 aromatic rings. The molecule has 0 amide bonds. The fourth-order valence-electron chi connectivity index (χ4n) is 2.39. The molecule has 2 aromatic heterocycles. The summed E-state index contributed by atoms with van der Waals surface area (Å²) in [5.41, 5.74) is 3.72. The molecule has 0 saturated carbocycles. The van der Waals surface area contributed by atoms with Crippen LogP contribution in [0.1, 0.15) is 13.8 Å². The first kappa shape index (κ1) is 13.3. The largest absolute Gasteiger partial charge is 0.332 e. The van der Waals surface area contributed by atoms with E-state index < -0.39 is 0 Å². The van der Waals surface area contributed by atoms with Crippen molar-refractivity contribution >= 4 is 22.8 Å². The first-order chi connectivity index (χ1) is 10.0. The summed E-state index contributed by atoms with van der Waals surface area (Å²) in [7, 11) is 1.61. The number of hydrazone groups is 1. The van der Waals surface area contributed by atoms with E-state index in [1.54, 1.807) is 23.8 Å². The summed E-state index contributed by atoms with van der Waals surface area (Å²) in [6.07, 6.45) is 3.58. The van der Waals surface area contributed by atoms with Gasteiger partial charge in [-0.25, -0.2) is 10.2 Å². The van der Waals surface area contributed by atoms with Crippen molar-refractivity contribution < 1.29 is 0 Å². The zero-order chi connectivity index (χ0) is 15.1. The number of hydrogen-bond donors (Lipinski definition) is 1. The first-order valence-corrected chi connectivity index (χ1v) is 6.65. The van der Waals surface area contributed by atoms with Crippen molar-refractivity contribution in [2.75, 3.05) is 5.43 Å². The molecule has 1 N–H and O–H groups in total. The Morgan fingerprint density at radius 1 is 1.38 bits per heavy atom. The predicted octanol–water partition coefficient (Wildman–Crippen LogP) is 0.274. The molecule has 8 nitrogen and oxygen atoms in total. The average molecular weight is 288 g/mol. The van der Waals surface area contributed by atoms with Gasteiger partial charge in [0, 0.05) is 13.6 Å². The van der Waals surface area contributed by atoms with Crippen molar-refractivity contribution in [2.24, 2.45) is 12.1 Å². The summed E-state index contributed by atoms with van der Waals surface area (Å²) >= 11 is 0. The molecular weight excluding hydrogens is 272 g/mol. The third kappa shape index (κ3) is 1.91. The zero-order valence-electron chi connectivity index (χ0n) is 12.1. The molecule has 3 rings (SSSR count). The molecule has 0 saturated heterocycles. The highest BCUT2D eigenvalue weighted by Gasteiger charge is 2.21. The fraction of sp³-hybridized carbons (Fsp3) is 0.385. The highest BCUT2D eigenvalue weighted by Crippen LogP contribution is 2.18. The fourth-order valence-corrected chi connectivity index (χ4v) is 2.39. The quantitative estimate of drug-likeness (QED) is 0.804. The average Bonchev–Trinajstić information content (AvgIpc) is 2.84. The van der Waals surface area contributed by atoms with Gasteiger partial charge in [-0.3, -0.25) is 18.5 Å². The number of allylic oxidation sites excluding steroid dienone is 2. The van der Waals surface area contributed by atoms with Crippen LogP contribution < -0.4 is 16.7 Å². The minimum atomic E-state index is -0.376. The Balaban J connectivity index is 2.37. The second-order valence-corrected chi connectivity index (χ2v) is 4.98. The molecule has 8 heteroatoms. The van der Waals surface area contributed by atoms with E-state index in [1.807, 2.05) is 13.8 Å². The van der Waals surface area contributed by atoms with Crippen LogP contribution in [0.2, 0.25) is 0 Å². The van der Waals surface area contributed by atoms with Gasteiger partial charge in [-0.1, -0.05) is 12.2 Å². The lowest BCUT2D eigenvalue weighted by atomic mass is 10.4. The van der Waals surface area contributed by atoms with E-state index in [2.05, 4.69) is 15.5 Å². The molecule has 0 radical (unpaired) electrons. The third-order valence-electron chi connectivity index (χ3n) is 3.49. The lowest BCUT2D eigenvalue weighted by molar-refractivity contribution is 0.663. The minimum Gasteiger partial charge on any atom is -0.297 e. The van der Waals surface area contributed by atoms with Crippen molar-refractivity contribution in [3.8, 4) is 0 Å². The van der Waals surface area contributed by atoms with E-state index >= 15 is 0 Å². The normalized spacial score (nSPS) is 14.3. The van der Waals surface area contributed by atoms with Crippen molar-refractivity contribution in [3.05, 3.63) is 33.0 Å². The van der Waals surface area contributed by atoms with Crippen LogP contribution in [0.5, 0.6) is 0 Å². The summed E-state index contributed by atoms with van der Waals surface area (Å²) in [6.45, 7) is 4.44. The molecule has 0 spiro atoms. The summed E-state index contributed by atoms with van der Waals surface area (Å²) in [5.74, 6) is 0.478. The lowest BCUT2D eigenvalue weighted by Crippen LogP contribution is -2.39. The molecule has 110 valence electrons. The van der Waals surface area contributed by atoms with Crippen molar-refractivity contribution in [2.45, 2.75) is 26.9 Å². The lowest BCUT2D eigenvalue weighted by Gasteiger charge is -2.13. The molecule has 0 bridgehead atoms. The van der Waals surface area contributed by atoms with Gasteiger partial charge in [-0.15, -0.1) is 0 Å². The number of nitrogens with one attached hydrogen (secondary N) is 1. The maximum atomic E-state index is 12.6. The molecule has 1 aliphatic rings.